The summed E-state index contributed by atoms with van der Waals surface area (Å²) < 4.78 is 33.0. The first-order valence-corrected chi connectivity index (χ1v) is 16.5. The van der Waals surface area contributed by atoms with Crippen LogP contribution in [0, 0.1) is 5.92 Å². The molecule has 5 rings (SSSR count). The molecule has 0 bridgehead atoms. The van der Waals surface area contributed by atoms with E-state index in [-0.39, 0.29) is 41.6 Å². The topological polar surface area (TPSA) is 170 Å². The van der Waals surface area contributed by atoms with E-state index >= 15 is 0 Å². The highest BCUT2D eigenvalue weighted by Crippen LogP contribution is 2.34. The molecule has 0 unspecified atom stereocenters. The van der Waals surface area contributed by atoms with Crippen LogP contribution in [0.3, 0.4) is 0 Å². The first-order chi connectivity index (χ1) is 21.2. The van der Waals surface area contributed by atoms with Gasteiger partial charge in [-0.2, -0.15) is 4.31 Å². The number of aliphatic imine (C=N–C) groups is 1. The lowest BCUT2D eigenvalue weighted by Gasteiger charge is -2.37. The van der Waals surface area contributed by atoms with Crippen molar-refractivity contribution in [2.24, 2.45) is 22.4 Å². The maximum Gasteiger partial charge on any atom is 0.407 e. The van der Waals surface area contributed by atoms with Gasteiger partial charge in [-0.05, 0) is 80.5 Å². The number of nitrogens with zero attached hydrogens (tertiary/aromatic N) is 3. The summed E-state index contributed by atoms with van der Waals surface area (Å²) in [5.74, 6) is 0.121. The van der Waals surface area contributed by atoms with Crippen molar-refractivity contribution in [2.45, 2.75) is 50.0 Å². The highest BCUT2D eigenvalue weighted by molar-refractivity contribution is 7.89. The minimum absolute atomic E-state index is 0.00579. The van der Waals surface area contributed by atoms with Gasteiger partial charge in [0.2, 0.25) is 10.0 Å². The molecule has 13 heteroatoms. The Morgan fingerprint density at radius 1 is 1.14 bits per heavy atom. The second kappa shape index (κ2) is 13.9. The number of sulfonamides is 1. The van der Waals surface area contributed by atoms with Crippen LogP contribution in [0.25, 0.3) is 17.2 Å². The van der Waals surface area contributed by atoms with Gasteiger partial charge in [-0.25, -0.2) is 23.3 Å². The van der Waals surface area contributed by atoms with Gasteiger partial charge in [0.25, 0.3) is 5.91 Å². The second-order valence-electron chi connectivity index (χ2n) is 11.2. The number of nitrogens with one attached hydrogen (secondary N) is 1. The summed E-state index contributed by atoms with van der Waals surface area (Å²) in [6.45, 7) is 4.01. The number of alkyl carbamates (subject to hydrolysis) is 1. The number of hydrogen-bond donors (Lipinski definition) is 3. The molecule has 3 aliphatic rings. The summed E-state index contributed by atoms with van der Waals surface area (Å²) in [6, 6.07) is 12.3. The van der Waals surface area contributed by atoms with Crippen LogP contribution in [-0.2, 0) is 24.4 Å². The highest BCUT2D eigenvalue weighted by Gasteiger charge is 2.36. The van der Waals surface area contributed by atoms with Crippen molar-refractivity contribution >= 4 is 39.6 Å². The molecule has 1 saturated heterocycles. The third kappa shape index (κ3) is 7.29. The van der Waals surface area contributed by atoms with Crippen molar-refractivity contribution in [3.63, 3.8) is 0 Å². The molecule has 2 heterocycles. The lowest BCUT2D eigenvalue weighted by molar-refractivity contribution is -0.180. The summed E-state index contributed by atoms with van der Waals surface area (Å²) in [5.41, 5.74) is 15.1. The van der Waals surface area contributed by atoms with E-state index in [1.54, 1.807) is 31.2 Å². The number of amides is 2. The predicted octanol–water partition coefficient (Wildman–Crippen LogP) is 3.16. The first-order valence-electron chi connectivity index (χ1n) is 15.1. The molecule has 2 aromatic carbocycles. The normalized spacial score (nSPS) is 17.3. The monoisotopic (exact) mass is 624 g/mol. The number of fused-ring (bicyclic) bond motifs is 1. The van der Waals surface area contributed by atoms with Crippen molar-refractivity contribution in [2.75, 3.05) is 39.3 Å². The highest BCUT2D eigenvalue weighted by atomic mass is 32.2. The Balaban J connectivity index is 1.28. The van der Waals surface area contributed by atoms with Crippen LogP contribution < -0.4 is 16.8 Å². The maximum absolute atomic E-state index is 13.5. The zero-order chi connectivity index (χ0) is 31.3. The Bertz CT molecular complexity index is 1550. The molecule has 0 aromatic heterocycles. The molecular weight excluding hydrogens is 584 g/mol. The molecule has 0 spiro atoms. The van der Waals surface area contributed by atoms with Gasteiger partial charge in [0.15, 0.2) is 0 Å². The molecular formula is C31H40N6O6S. The van der Waals surface area contributed by atoms with Crippen molar-refractivity contribution < 1.29 is 27.6 Å². The molecule has 1 saturated carbocycles. The van der Waals surface area contributed by atoms with Gasteiger partial charge in [0, 0.05) is 37.2 Å². The van der Waals surface area contributed by atoms with E-state index in [1.807, 2.05) is 24.3 Å². The predicted molar refractivity (Wildman–Crippen MR) is 167 cm³/mol. The molecule has 2 amide bonds. The summed E-state index contributed by atoms with van der Waals surface area (Å²) >= 11 is 0. The van der Waals surface area contributed by atoms with Crippen LogP contribution in [0.5, 0.6) is 0 Å². The van der Waals surface area contributed by atoms with Crippen LogP contribution >= 0.6 is 0 Å². The summed E-state index contributed by atoms with van der Waals surface area (Å²) in [7, 11) is -3.61. The molecule has 44 heavy (non-hydrogen) atoms. The minimum atomic E-state index is -3.61. The van der Waals surface area contributed by atoms with Gasteiger partial charge in [-0.1, -0.05) is 24.3 Å². The number of carbonyl (C=O) groups is 2. The molecule has 12 nitrogen and oxygen atoms in total. The Morgan fingerprint density at radius 3 is 2.61 bits per heavy atom. The SMILES string of the molecule is CCON(CCCNC(=O)OC1CCC1)C(=O)C1=Cc2ccc(-c3cccc(S(=O)(=O)N4CC(CN)C4)c3)cc2N=C(N)C1. The van der Waals surface area contributed by atoms with Gasteiger partial charge in [-0.3, -0.25) is 9.63 Å². The quantitative estimate of drug-likeness (QED) is 0.239. The van der Waals surface area contributed by atoms with Crippen molar-refractivity contribution in [1.29, 1.82) is 0 Å². The third-order valence-corrected chi connectivity index (χ3v) is 9.80. The fraction of sp³-hybridized carbons (Fsp3) is 0.452. The van der Waals surface area contributed by atoms with Crippen LogP contribution in [-0.4, -0.2) is 81.1 Å². The number of carbonyl (C=O) groups excluding carboxylic acids is 2. The Kier molecular flexibility index (Phi) is 9.99. The molecule has 1 aliphatic carbocycles. The van der Waals surface area contributed by atoms with Gasteiger partial charge in [0.05, 0.1) is 23.7 Å². The van der Waals surface area contributed by atoms with Crippen LogP contribution in [0.4, 0.5) is 10.5 Å². The Morgan fingerprint density at radius 2 is 1.91 bits per heavy atom. The number of benzene rings is 2. The number of ether oxygens (including phenoxy) is 1. The lowest BCUT2D eigenvalue weighted by Crippen LogP contribution is -2.52. The van der Waals surface area contributed by atoms with Crippen molar-refractivity contribution in [3.05, 3.63) is 53.6 Å². The smallest absolute Gasteiger partial charge is 0.407 e. The summed E-state index contributed by atoms with van der Waals surface area (Å²) in [6.07, 6.45) is 4.80. The molecule has 236 valence electrons. The van der Waals surface area contributed by atoms with E-state index in [1.165, 1.54) is 9.37 Å². The van der Waals surface area contributed by atoms with Gasteiger partial charge < -0.3 is 21.5 Å². The third-order valence-electron chi connectivity index (χ3n) is 7.98. The first kappa shape index (κ1) is 31.6. The fourth-order valence-electron chi connectivity index (χ4n) is 5.20. The average Bonchev–Trinajstić information content (AvgIpc) is 3.13. The summed E-state index contributed by atoms with van der Waals surface area (Å²) in [5, 5.41) is 4.01. The van der Waals surface area contributed by atoms with E-state index in [9.17, 15) is 18.0 Å². The van der Waals surface area contributed by atoms with Gasteiger partial charge in [-0.15, -0.1) is 0 Å². The number of rotatable bonds is 12. The van der Waals surface area contributed by atoms with E-state index in [4.69, 9.17) is 21.0 Å². The maximum atomic E-state index is 13.5. The molecule has 2 fully saturated rings. The van der Waals surface area contributed by atoms with E-state index in [0.717, 1.165) is 30.4 Å². The fourth-order valence-corrected chi connectivity index (χ4v) is 6.83. The molecule has 5 N–H and O–H groups in total. The van der Waals surface area contributed by atoms with Crippen molar-refractivity contribution in [1.82, 2.24) is 14.7 Å². The molecule has 2 aromatic rings. The van der Waals surface area contributed by atoms with Gasteiger partial charge in [0.1, 0.15) is 11.9 Å². The zero-order valence-corrected chi connectivity index (χ0v) is 25.7. The van der Waals surface area contributed by atoms with Crippen LogP contribution in [0.2, 0.25) is 0 Å². The largest absolute Gasteiger partial charge is 0.446 e. The van der Waals surface area contributed by atoms with Crippen LogP contribution in [0.1, 0.15) is 44.6 Å². The van der Waals surface area contributed by atoms with E-state index in [2.05, 4.69) is 10.3 Å². The number of hydrogen-bond acceptors (Lipinski definition) is 9. The van der Waals surface area contributed by atoms with E-state index < -0.39 is 16.1 Å². The second-order valence-corrected chi connectivity index (χ2v) is 13.2. The average molecular weight is 625 g/mol. The Hall–Kier alpha value is -3.78. The van der Waals surface area contributed by atoms with E-state index in [0.29, 0.717) is 56.0 Å². The van der Waals surface area contributed by atoms with Crippen molar-refractivity contribution in [3.8, 4) is 11.1 Å². The molecule has 0 radical (unpaired) electrons. The van der Waals surface area contributed by atoms with Gasteiger partial charge >= 0.3 is 6.09 Å². The lowest BCUT2D eigenvalue weighted by atomic mass is 9.96. The zero-order valence-electron chi connectivity index (χ0n) is 24.9. The standard InChI is InChI=1S/C31H40N6O6S/c1-2-42-37(13-5-12-34-31(39)43-26-7-4-8-26)30(38)25-14-24-11-10-23(16-28(24)35-29(33)17-25)22-6-3-9-27(15-22)44(40,41)36-19-21(18-32)20-36/h3,6,9-11,14-16,21,26H,2,4-5,7-8,12-13,17-20,32H2,1H3,(H2,33,35)(H,34,39). The Labute approximate surface area is 258 Å². The minimum Gasteiger partial charge on any atom is -0.446 e. The molecule has 0 atom stereocenters. The number of amidine groups is 1. The molecule has 2 aliphatic heterocycles. The number of nitrogens with two attached hydrogens (primary N) is 2. The number of hydroxylamine groups is 2. The van der Waals surface area contributed by atoms with Crippen LogP contribution in [0.15, 0.2) is 57.9 Å². The summed E-state index contributed by atoms with van der Waals surface area (Å²) in [4.78, 5) is 35.8.